The largest absolute Gasteiger partial charge is 0.333 e. The molecule has 1 aliphatic heterocycles. The van der Waals surface area contributed by atoms with E-state index in [4.69, 9.17) is 9.05 Å². The summed E-state index contributed by atoms with van der Waals surface area (Å²) < 4.78 is 23.2. The molecule has 0 aromatic heterocycles. The Morgan fingerprint density at radius 3 is 2.12 bits per heavy atom. The van der Waals surface area contributed by atoms with Crippen LogP contribution in [0.1, 0.15) is 41.0 Å². The molecule has 0 saturated carbocycles. The number of hydrogen-bond acceptors (Lipinski definition) is 4. The third kappa shape index (κ3) is 3.90. The Labute approximate surface area is 104 Å². The van der Waals surface area contributed by atoms with E-state index in [0.717, 1.165) is 0 Å². The van der Waals surface area contributed by atoms with Crippen molar-refractivity contribution in [2.75, 3.05) is 13.2 Å². The Hall–Kier alpha value is -0.180. The van der Waals surface area contributed by atoms with E-state index in [2.05, 4.69) is 0 Å². The van der Waals surface area contributed by atoms with Gasteiger partial charge in [0.2, 0.25) is 0 Å². The van der Waals surface area contributed by atoms with Gasteiger partial charge in [-0.3, -0.25) is 9.36 Å². The van der Waals surface area contributed by atoms with Gasteiger partial charge in [0, 0.05) is 17.8 Å². The van der Waals surface area contributed by atoms with E-state index in [1.165, 1.54) is 0 Å². The SMILES string of the molecule is CC(C)C(=O)CC(C)P1(=O)OCC(C)(C)CO1. The molecule has 0 N–H and O–H groups in total. The van der Waals surface area contributed by atoms with Crippen molar-refractivity contribution in [1.29, 1.82) is 0 Å². The van der Waals surface area contributed by atoms with Crippen LogP contribution in [0.2, 0.25) is 0 Å². The molecule has 0 radical (unpaired) electrons. The first-order chi connectivity index (χ1) is 7.66. The lowest BCUT2D eigenvalue weighted by molar-refractivity contribution is -0.122. The molecule has 0 aliphatic carbocycles. The number of Topliss-reactive ketones (excluding diaryl/α,β-unsaturated/α-hetero) is 1. The number of rotatable bonds is 4. The van der Waals surface area contributed by atoms with Crippen LogP contribution in [0, 0.1) is 11.3 Å². The number of carbonyl (C=O) groups is 1. The van der Waals surface area contributed by atoms with Crippen LogP contribution in [0.4, 0.5) is 0 Å². The molecular weight excluding hydrogens is 239 g/mol. The van der Waals surface area contributed by atoms with Crippen molar-refractivity contribution in [3.05, 3.63) is 0 Å². The number of carbonyl (C=O) groups excluding carboxylic acids is 1. The molecule has 0 aromatic rings. The summed E-state index contributed by atoms with van der Waals surface area (Å²) in [6.07, 6.45) is 0.259. The molecule has 0 amide bonds. The van der Waals surface area contributed by atoms with Crippen molar-refractivity contribution in [2.45, 2.75) is 46.7 Å². The molecule has 4 nitrogen and oxygen atoms in total. The highest BCUT2D eigenvalue weighted by molar-refractivity contribution is 7.54. The Morgan fingerprint density at radius 1 is 1.24 bits per heavy atom. The summed E-state index contributed by atoms with van der Waals surface area (Å²) >= 11 is 0. The minimum absolute atomic E-state index is 0.0368. The van der Waals surface area contributed by atoms with Gasteiger partial charge in [0.05, 0.1) is 18.9 Å². The maximum atomic E-state index is 12.4. The third-order valence-electron chi connectivity index (χ3n) is 2.95. The lowest BCUT2D eigenvalue weighted by Crippen LogP contribution is -2.32. The number of hydrogen-bond donors (Lipinski definition) is 0. The molecule has 1 fully saturated rings. The first-order valence-electron chi connectivity index (χ1n) is 6.08. The van der Waals surface area contributed by atoms with Gasteiger partial charge >= 0.3 is 7.60 Å². The van der Waals surface area contributed by atoms with Gasteiger partial charge in [-0.2, -0.15) is 0 Å². The van der Waals surface area contributed by atoms with Crippen molar-refractivity contribution < 1.29 is 18.4 Å². The summed E-state index contributed by atoms with van der Waals surface area (Å²) in [5.74, 6) is 0.0649. The van der Waals surface area contributed by atoms with Crippen LogP contribution < -0.4 is 0 Å². The van der Waals surface area contributed by atoms with Crippen LogP contribution in [-0.4, -0.2) is 24.7 Å². The van der Waals surface area contributed by atoms with Crippen molar-refractivity contribution in [1.82, 2.24) is 0 Å². The van der Waals surface area contributed by atoms with E-state index < -0.39 is 7.60 Å². The molecule has 0 aromatic carbocycles. The zero-order valence-corrected chi connectivity index (χ0v) is 12.3. The second kappa shape index (κ2) is 5.21. The minimum Gasteiger partial charge on any atom is -0.308 e. The van der Waals surface area contributed by atoms with Crippen molar-refractivity contribution in [3.63, 3.8) is 0 Å². The Bertz CT molecular complexity index is 321. The van der Waals surface area contributed by atoms with Crippen molar-refractivity contribution >= 4 is 13.4 Å². The van der Waals surface area contributed by atoms with Crippen molar-refractivity contribution in [2.24, 2.45) is 11.3 Å². The zero-order chi connectivity index (χ0) is 13.3. The molecule has 1 unspecified atom stereocenters. The Kier molecular flexibility index (Phi) is 4.56. The maximum Gasteiger partial charge on any atom is 0.333 e. The molecule has 17 heavy (non-hydrogen) atoms. The zero-order valence-electron chi connectivity index (χ0n) is 11.4. The van der Waals surface area contributed by atoms with E-state index in [-0.39, 0.29) is 29.2 Å². The van der Waals surface area contributed by atoms with Crippen LogP contribution in [0.25, 0.3) is 0 Å². The molecule has 1 aliphatic rings. The highest BCUT2D eigenvalue weighted by Gasteiger charge is 2.41. The second-order valence-corrected chi connectivity index (χ2v) is 8.40. The van der Waals surface area contributed by atoms with Crippen LogP contribution in [-0.2, 0) is 18.4 Å². The van der Waals surface area contributed by atoms with Gasteiger partial charge in [-0.25, -0.2) is 0 Å². The average molecular weight is 262 g/mol. The number of ketones is 1. The Balaban J connectivity index is 2.61. The molecule has 1 saturated heterocycles. The predicted octanol–water partition coefficient (Wildman–Crippen LogP) is 3.26. The predicted molar refractivity (Wildman–Crippen MR) is 67.2 cm³/mol. The van der Waals surface area contributed by atoms with Crippen LogP contribution in [0.3, 0.4) is 0 Å². The van der Waals surface area contributed by atoms with Gasteiger partial charge < -0.3 is 9.05 Å². The first-order valence-corrected chi connectivity index (χ1v) is 7.69. The molecule has 0 spiro atoms. The van der Waals surface area contributed by atoms with E-state index in [1.54, 1.807) is 6.92 Å². The van der Waals surface area contributed by atoms with Gasteiger partial charge in [-0.05, 0) is 0 Å². The molecule has 1 rings (SSSR count). The monoisotopic (exact) mass is 262 g/mol. The maximum absolute atomic E-state index is 12.4. The smallest absolute Gasteiger partial charge is 0.308 e. The molecular formula is C12H23O4P. The fraction of sp³-hybridized carbons (Fsp3) is 0.917. The molecule has 5 heteroatoms. The summed E-state index contributed by atoms with van der Waals surface area (Å²) in [5, 5.41) is 0. The van der Waals surface area contributed by atoms with E-state index in [0.29, 0.717) is 13.2 Å². The summed E-state index contributed by atoms with van der Waals surface area (Å²) in [6, 6.07) is 0. The summed E-state index contributed by atoms with van der Waals surface area (Å²) in [6.45, 7) is 10.3. The van der Waals surface area contributed by atoms with Gasteiger partial charge in [0.15, 0.2) is 0 Å². The lowest BCUT2D eigenvalue weighted by Gasteiger charge is -2.36. The van der Waals surface area contributed by atoms with Gasteiger partial charge in [-0.15, -0.1) is 0 Å². The summed E-state index contributed by atoms with van der Waals surface area (Å²) in [7, 11) is -3.10. The fourth-order valence-electron chi connectivity index (χ4n) is 1.50. The van der Waals surface area contributed by atoms with Gasteiger partial charge in [-0.1, -0.05) is 34.6 Å². The molecule has 1 atom stereocenters. The van der Waals surface area contributed by atoms with E-state index in [1.807, 2.05) is 27.7 Å². The summed E-state index contributed by atoms with van der Waals surface area (Å²) in [5.41, 5.74) is -0.455. The third-order valence-corrected chi connectivity index (χ3v) is 5.19. The Morgan fingerprint density at radius 2 is 1.71 bits per heavy atom. The quantitative estimate of drug-likeness (QED) is 0.730. The van der Waals surface area contributed by atoms with Gasteiger partial charge in [0.1, 0.15) is 5.78 Å². The normalized spacial score (nSPS) is 24.6. The first kappa shape index (κ1) is 14.9. The second-order valence-electron chi connectivity index (χ2n) is 5.93. The topological polar surface area (TPSA) is 52.6 Å². The van der Waals surface area contributed by atoms with Gasteiger partial charge in [0.25, 0.3) is 0 Å². The molecule has 100 valence electrons. The molecule has 1 heterocycles. The standard InChI is InChI=1S/C12H23O4P/c1-9(2)11(13)6-10(3)17(14)15-7-12(4,5)8-16-17/h9-10H,6-8H2,1-5H3. The van der Waals surface area contributed by atoms with E-state index in [9.17, 15) is 9.36 Å². The highest BCUT2D eigenvalue weighted by Crippen LogP contribution is 2.58. The fourth-order valence-corrected chi connectivity index (χ4v) is 3.55. The van der Waals surface area contributed by atoms with Crippen LogP contribution in [0.15, 0.2) is 0 Å². The lowest BCUT2D eigenvalue weighted by atomic mass is 9.97. The van der Waals surface area contributed by atoms with Crippen molar-refractivity contribution in [3.8, 4) is 0 Å². The van der Waals surface area contributed by atoms with Crippen LogP contribution in [0.5, 0.6) is 0 Å². The average Bonchev–Trinajstić information content (AvgIpc) is 2.22. The highest BCUT2D eigenvalue weighted by atomic mass is 31.2. The van der Waals surface area contributed by atoms with E-state index >= 15 is 0 Å². The summed E-state index contributed by atoms with van der Waals surface area (Å²) in [4.78, 5) is 11.6. The molecule has 0 bridgehead atoms. The minimum atomic E-state index is -3.10. The van der Waals surface area contributed by atoms with Crippen LogP contribution >= 0.6 is 7.60 Å².